The van der Waals surface area contributed by atoms with Crippen LogP contribution in [0.5, 0.6) is 0 Å². The Morgan fingerprint density at radius 1 is 0.286 bits per heavy atom. The molecule has 0 N–H and O–H groups in total. The van der Waals surface area contributed by atoms with Gasteiger partial charge in [0.25, 0.3) is 0 Å². The van der Waals surface area contributed by atoms with Crippen molar-refractivity contribution in [2.24, 2.45) is 0 Å². The summed E-state index contributed by atoms with van der Waals surface area (Å²) >= 11 is 0. The van der Waals surface area contributed by atoms with E-state index < -0.39 is 0 Å². The molecule has 8 heteroatoms. The van der Waals surface area contributed by atoms with Gasteiger partial charge >= 0.3 is 0 Å². The van der Waals surface area contributed by atoms with Crippen molar-refractivity contribution >= 4 is 43.9 Å². The van der Waals surface area contributed by atoms with Gasteiger partial charge in [-0.05, 0) is 82.9 Å². The molecule has 0 aliphatic heterocycles. The fourth-order valence-corrected chi connectivity index (χ4v) is 7.44. The van der Waals surface area contributed by atoms with Crippen LogP contribution in [0.1, 0.15) is 0 Å². The van der Waals surface area contributed by atoms with E-state index >= 15 is 0 Å². The molecule has 0 radical (unpaired) electrons. The van der Waals surface area contributed by atoms with Crippen molar-refractivity contribution in [1.82, 2.24) is 29.9 Å². The van der Waals surface area contributed by atoms with Crippen LogP contribution < -0.4 is 0 Å². The van der Waals surface area contributed by atoms with Crippen molar-refractivity contribution in [1.29, 1.82) is 0 Å². The van der Waals surface area contributed by atoms with Crippen LogP contribution in [-0.4, -0.2) is 29.9 Å². The molecule has 0 fully saturated rings. The number of hydrogen-bond acceptors (Lipinski definition) is 8. The van der Waals surface area contributed by atoms with Crippen LogP contribution in [0, 0.1) is 0 Å². The van der Waals surface area contributed by atoms with Gasteiger partial charge in [-0.2, -0.15) is 0 Å². The van der Waals surface area contributed by atoms with E-state index in [2.05, 4.69) is 81.7 Å². The predicted molar refractivity (Wildman–Crippen MR) is 220 cm³/mol. The maximum Gasteiger partial charge on any atom is 0.164 e. The average molecular weight is 721 g/mol. The minimum atomic E-state index is 0.536. The Morgan fingerprint density at radius 2 is 0.732 bits per heavy atom. The van der Waals surface area contributed by atoms with Crippen molar-refractivity contribution in [3.63, 3.8) is 0 Å². The molecule has 0 amide bonds. The molecular weight excluding hydrogens is 693 g/mol. The summed E-state index contributed by atoms with van der Waals surface area (Å²) in [6, 6.07) is 53.5. The van der Waals surface area contributed by atoms with Crippen molar-refractivity contribution in [2.75, 3.05) is 0 Å². The third kappa shape index (κ3) is 5.56. The summed E-state index contributed by atoms with van der Waals surface area (Å²) in [6.45, 7) is 0. The van der Waals surface area contributed by atoms with Gasteiger partial charge in [0, 0.05) is 43.8 Å². The number of nitrogens with zero attached hydrogens (tertiary/aromatic N) is 6. The van der Waals surface area contributed by atoms with Crippen LogP contribution in [-0.2, 0) is 0 Å². The molecule has 4 aromatic heterocycles. The molecule has 0 aliphatic rings. The lowest BCUT2D eigenvalue weighted by Crippen LogP contribution is -2.01. The van der Waals surface area contributed by atoms with Gasteiger partial charge in [-0.3, -0.25) is 0 Å². The van der Waals surface area contributed by atoms with Crippen LogP contribution in [0.3, 0.4) is 0 Å². The summed E-state index contributed by atoms with van der Waals surface area (Å²) in [4.78, 5) is 28.0. The van der Waals surface area contributed by atoms with E-state index in [9.17, 15) is 0 Å². The Hall–Kier alpha value is -7.84. The lowest BCUT2D eigenvalue weighted by molar-refractivity contribution is 0.668. The molecule has 0 saturated heterocycles. The first kappa shape index (κ1) is 31.7. The molecule has 0 aliphatic carbocycles. The van der Waals surface area contributed by atoms with Crippen LogP contribution in [0.15, 0.2) is 179 Å². The number of benzene rings is 7. The summed E-state index contributed by atoms with van der Waals surface area (Å²) in [5.41, 5.74) is 10.9. The van der Waals surface area contributed by atoms with Gasteiger partial charge in [0.1, 0.15) is 35.0 Å². The predicted octanol–water partition coefficient (Wildman–Crippen LogP) is 11.9. The van der Waals surface area contributed by atoms with E-state index in [1.165, 1.54) is 12.7 Å². The quantitative estimate of drug-likeness (QED) is 0.167. The number of para-hydroxylation sites is 2. The third-order valence-electron chi connectivity index (χ3n) is 10.2. The van der Waals surface area contributed by atoms with E-state index in [0.29, 0.717) is 23.3 Å². The molecule has 11 rings (SSSR count). The number of furan rings is 2. The van der Waals surface area contributed by atoms with Crippen LogP contribution in [0.2, 0.25) is 0 Å². The third-order valence-corrected chi connectivity index (χ3v) is 10.2. The first-order valence-electron chi connectivity index (χ1n) is 18.2. The van der Waals surface area contributed by atoms with Crippen LogP contribution in [0.4, 0.5) is 0 Å². The second-order valence-electron chi connectivity index (χ2n) is 13.6. The van der Waals surface area contributed by atoms with Gasteiger partial charge < -0.3 is 8.83 Å². The molecule has 8 nitrogen and oxygen atoms in total. The van der Waals surface area contributed by atoms with Crippen molar-refractivity contribution in [3.05, 3.63) is 170 Å². The molecule has 4 heterocycles. The lowest BCUT2D eigenvalue weighted by atomic mass is 9.94. The molecule has 0 unspecified atom stereocenters. The zero-order chi connectivity index (χ0) is 37.0. The fraction of sp³-hybridized carbons (Fsp3) is 0. The first-order chi connectivity index (χ1) is 27.7. The summed E-state index contributed by atoms with van der Waals surface area (Å²) in [7, 11) is 0. The number of aromatic nitrogens is 6. The Morgan fingerprint density at radius 3 is 1.34 bits per heavy atom. The maximum atomic E-state index is 6.20. The van der Waals surface area contributed by atoms with Gasteiger partial charge in [-0.15, -0.1) is 0 Å². The van der Waals surface area contributed by atoms with Crippen molar-refractivity contribution in [3.8, 4) is 67.8 Å². The Bertz CT molecular complexity index is 3130. The zero-order valence-corrected chi connectivity index (χ0v) is 29.7. The highest BCUT2D eigenvalue weighted by Crippen LogP contribution is 2.38. The van der Waals surface area contributed by atoms with Crippen LogP contribution >= 0.6 is 0 Å². The van der Waals surface area contributed by atoms with Crippen LogP contribution in [0.25, 0.3) is 112 Å². The highest BCUT2D eigenvalue weighted by molar-refractivity contribution is 6.07. The molecule has 56 heavy (non-hydrogen) atoms. The summed E-state index contributed by atoms with van der Waals surface area (Å²) in [5, 5.41) is 4.27. The Balaban J connectivity index is 1.13. The van der Waals surface area contributed by atoms with E-state index in [-0.39, 0.29) is 0 Å². The highest BCUT2D eigenvalue weighted by Gasteiger charge is 2.17. The minimum absolute atomic E-state index is 0.536. The van der Waals surface area contributed by atoms with Gasteiger partial charge in [-0.25, -0.2) is 29.9 Å². The standard InChI is InChI=1S/C48H28N6O2/c1-2-9-29(10-3-1)46-52-47(33-12-8-11-32(21-33)45-50-27-49-28-51-45)54-48(53-46)36-23-34(30-17-19-43-39(25-30)37-13-4-6-15-41(37)55-43)22-35(24-36)31-18-20-44-40(26-31)38-14-5-7-16-42(38)56-44/h1-28H. The monoisotopic (exact) mass is 720 g/mol. The van der Waals surface area contributed by atoms with Gasteiger partial charge in [0.15, 0.2) is 23.3 Å². The second kappa shape index (κ2) is 12.9. The topological polar surface area (TPSA) is 104 Å². The van der Waals surface area contributed by atoms with Crippen molar-refractivity contribution < 1.29 is 8.83 Å². The molecule has 0 spiro atoms. The Labute approximate surface area is 319 Å². The number of fused-ring (bicyclic) bond motifs is 6. The molecule has 262 valence electrons. The van der Waals surface area contributed by atoms with E-state index in [1.807, 2.05) is 91.0 Å². The average Bonchev–Trinajstić information content (AvgIpc) is 3.84. The smallest absolute Gasteiger partial charge is 0.164 e. The molecule has 0 saturated carbocycles. The van der Waals surface area contributed by atoms with Gasteiger partial charge in [-0.1, -0.05) is 97.1 Å². The van der Waals surface area contributed by atoms with E-state index in [0.717, 1.165) is 88.4 Å². The molecular formula is C48H28N6O2. The van der Waals surface area contributed by atoms with E-state index in [1.54, 1.807) is 0 Å². The number of rotatable bonds is 6. The molecule has 0 atom stereocenters. The van der Waals surface area contributed by atoms with Gasteiger partial charge in [0.05, 0.1) is 0 Å². The molecule has 7 aromatic carbocycles. The normalized spacial score (nSPS) is 11.6. The fourth-order valence-electron chi connectivity index (χ4n) is 7.44. The van der Waals surface area contributed by atoms with Crippen molar-refractivity contribution in [2.45, 2.75) is 0 Å². The zero-order valence-electron chi connectivity index (χ0n) is 29.7. The summed E-state index contributed by atoms with van der Waals surface area (Å²) < 4.78 is 12.4. The Kier molecular flexibility index (Phi) is 7.31. The summed E-state index contributed by atoms with van der Waals surface area (Å²) in [6.07, 6.45) is 2.99. The SMILES string of the molecule is c1ccc(-c2nc(-c3cc(-c4ccc5oc6ccccc6c5c4)cc(-c4ccc5oc6ccccc6c5c4)c3)nc(-c3cccc(-c4ncncn4)c3)n2)cc1. The first-order valence-corrected chi connectivity index (χ1v) is 18.2. The minimum Gasteiger partial charge on any atom is -0.456 e. The molecule has 11 aromatic rings. The second-order valence-corrected chi connectivity index (χ2v) is 13.6. The van der Waals surface area contributed by atoms with Gasteiger partial charge in [0.2, 0.25) is 0 Å². The highest BCUT2D eigenvalue weighted by atomic mass is 16.3. The number of hydrogen-bond donors (Lipinski definition) is 0. The largest absolute Gasteiger partial charge is 0.456 e. The maximum absolute atomic E-state index is 6.20. The lowest BCUT2D eigenvalue weighted by Gasteiger charge is -2.13. The summed E-state index contributed by atoms with van der Waals surface area (Å²) in [5.74, 6) is 2.23. The van der Waals surface area contributed by atoms with E-state index in [4.69, 9.17) is 23.8 Å². The molecule has 0 bridgehead atoms.